The molecular formula is C22H15BrO2. The van der Waals surface area contributed by atoms with E-state index in [1.165, 1.54) is 0 Å². The Morgan fingerprint density at radius 1 is 0.800 bits per heavy atom. The summed E-state index contributed by atoms with van der Waals surface area (Å²) in [6.07, 6.45) is 0.513. The number of hydrogen-bond donors (Lipinski definition) is 0. The maximum absolute atomic E-state index is 13.2. The molecule has 0 saturated carbocycles. The van der Waals surface area contributed by atoms with Gasteiger partial charge in [-0.25, -0.2) is 0 Å². The minimum absolute atomic E-state index is 0.0245. The first kappa shape index (κ1) is 15.9. The highest BCUT2D eigenvalue weighted by molar-refractivity contribution is 9.10. The zero-order valence-corrected chi connectivity index (χ0v) is 15.0. The number of halogens is 1. The average molecular weight is 391 g/mol. The van der Waals surface area contributed by atoms with Gasteiger partial charge in [0, 0.05) is 22.0 Å². The van der Waals surface area contributed by atoms with Crippen LogP contribution in [0.15, 0.2) is 92.5 Å². The van der Waals surface area contributed by atoms with Crippen molar-refractivity contribution < 1.29 is 4.42 Å². The van der Waals surface area contributed by atoms with Crippen LogP contribution in [0.25, 0.3) is 22.3 Å². The molecule has 122 valence electrons. The summed E-state index contributed by atoms with van der Waals surface area (Å²) in [5.74, 6) is 0.639. The number of fused-ring (bicyclic) bond motifs is 1. The van der Waals surface area contributed by atoms with E-state index in [0.29, 0.717) is 28.7 Å². The summed E-state index contributed by atoms with van der Waals surface area (Å²) in [6.45, 7) is 0. The van der Waals surface area contributed by atoms with Crippen molar-refractivity contribution in [2.24, 2.45) is 0 Å². The van der Waals surface area contributed by atoms with Crippen molar-refractivity contribution in [2.45, 2.75) is 6.42 Å². The minimum atomic E-state index is 0.0245. The molecule has 2 nitrogen and oxygen atoms in total. The van der Waals surface area contributed by atoms with Gasteiger partial charge in [0.1, 0.15) is 11.3 Å². The van der Waals surface area contributed by atoms with Crippen LogP contribution in [0.1, 0.15) is 11.1 Å². The lowest BCUT2D eigenvalue weighted by Crippen LogP contribution is -2.12. The SMILES string of the molecule is O=c1c(Cc2ccccc2Br)c(-c2ccccc2)oc2ccccc12. The molecular weight excluding hydrogens is 376 g/mol. The van der Waals surface area contributed by atoms with Crippen molar-refractivity contribution in [2.75, 3.05) is 0 Å². The molecule has 0 spiro atoms. The first-order chi connectivity index (χ1) is 12.2. The van der Waals surface area contributed by atoms with Gasteiger partial charge < -0.3 is 4.42 Å². The minimum Gasteiger partial charge on any atom is -0.456 e. The molecule has 0 fully saturated rings. The highest BCUT2D eigenvalue weighted by Crippen LogP contribution is 2.29. The van der Waals surface area contributed by atoms with E-state index in [2.05, 4.69) is 15.9 Å². The third kappa shape index (κ3) is 3.03. The Balaban J connectivity index is 1.99. The molecule has 1 aromatic heterocycles. The summed E-state index contributed by atoms with van der Waals surface area (Å²) in [5, 5.41) is 0.615. The molecule has 0 aliphatic rings. The first-order valence-electron chi connectivity index (χ1n) is 8.07. The van der Waals surface area contributed by atoms with E-state index < -0.39 is 0 Å². The Morgan fingerprint density at radius 3 is 2.28 bits per heavy atom. The predicted molar refractivity (Wildman–Crippen MR) is 105 cm³/mol. The van der Waals surface area contributed by atoms with Gasteiger partial charge in [0.15, 0.2) is 5.43 Å². The van der Waals surface area contributed by atoms with Crippen molar-refractivity contribution in [3.63, 3.8) is 0 Å². The number of para-hydroxylation sites is 1. The van der Waals surface area contributed by atoms with Gasteiger partial charge in [-0.2, -0.15) is 0 Å². The third-order valence-corrected chi connectivity index (χ3v) is 5.03. The Kier molecular flexibility index (Phi) is 4.24. The van der Waals surface area contributed by atoms with E-state index in [4.69, 9.17) is 4.42 Å². The molecule has 0 saturated heterocycles. The van der Waals surface area contributed by atoms with Crippen LogP contribution in [-0.4, -0.2) is 0 Å². The molecule has 0 atom stereocenters. The molecule has 0 aliphatic carbocycles. The van der Waals surface area contributed by atoms with E-state index in [1.54, 1.807) is 0 Å². The van der Waals surface area contributed by atoms with E-state index in [9.17, 15) is 4.79 Å². The van der Waals surface area contributed by atoms with Crippen LogP contribution in [0.3, 0.4) is 0 Å². The molecule has 0 aliphatic heterocycles. The number of rotatable bonds is 3. The van der Waals surface area contributed by atoms with E-state index in [1.807, 2.05) is 78.9 Å². The molecule has 3 aromatic carbocycles. The summed E-state index contributed by atoms with van der Waals surface area (Å²) in [7, 11) is 0. The largest absolute Gasteiger partial charge is 0.456 e. The summed E-state index contributed by atoms with van der Waals surface area (Å²) in [5.41, 5.74) is 3.28. The maximum atomic E-state index is 13.2. The van der Waals surface area contributed by atoms with Crippen LogP contribution in [0.4, 0.5) is 0 Å². The lowest BCUT2D eigenvalue weighted by Gasteiger charge is -2.11. The zero-order chi connectivity index (χ0) is 17.2. The van der Waals surface area contributed by atoms with Crippen molar-refractivity contribution >= 4 is 26.9 Å². The number of benzene rings is 3. The fourth-order valence-corrected chi connectivity index (χ4v) is 3.42. The Labute approximate surface area is 153 Å². The molecule has 0 unspecified atom stereocenters. The summed E-state index contributed by atoms with van der Waals surface area (Å²) in [6, 6.07) is 25.2. The molecule has 4 rings (SSSR count). The molecule has 25 heavy (non-hydrogen) atoms. The normalized spacial score (nSPS) is 10.9. The van der Waals surface area contributed by atoms with Gasteiger partial charge in [0.05, 0.1) is 5.39 Å². The van der Waals surface area contributed by atoms with Crippen molar-refractivity contribution in [1.82, 2.24) is 0 Å². The van der Waals surface area contributed by atoms with Crippen LogP contribution in [0, 0.1) is 0 Å². The number of hydrogen-bond acceptors (Lipinski definition) is 2. The lowest BCUT2D eigenvalue weighted by molar-refractivity contribution is 0.611. The highest BCUT2D eigenvalue weighted by Gasteiger charge is 2.17. The van der Waals surface area contributed by atoms with Crippen molar-refractivity contribution in [3.05, 3.63) is 105 Å². The monoisotopic (exact) mass is 390 g/mol. The Bertz CT molecular complexity index is 1100. The molecule has 0 bridgehead atoms. The van der Waals surface area contributed by atoms with E-state index in [0.717, 1.165) is 15.6 Å². The zero-order valence-electron chi connectivity index (χ0n) is 13.4. The maximum Gasteiger partial charge on any atom is 0.196 e. The van der Waals surface area contributed by atoms with Crippen LogP contribution >= 0.6 is 15.9 Å². The van der Waals surface area contributed by atoms with Gasteiger partial charge in [-0.3, -0.25) is 4.79 Å². The van der Waals surface area contributed by atoms with Crippen LogP contribution in [0.2, 0.25) is 0 Å². The molecule has 0 radical (unpaired) electrons. The van der Waals surface area contributed by atoms with Gasteiger partial charge in [-0.05, 0) is 23.8 Å². The van der Waals surface area contributed by atoms with Gasteiger partial charge in [0.25, 0.3) is 0 Å². The van der Waals surface area contributed by atoms with E-state index >= 15 is 0 Å². The summed E-state index contributed by atoms with van der Waals surface area (Å²) in [4.78, 5) is 13.2. The standard InChI is InChI=1S/C22H15BrO2/c23-19-12-6-4-10-16(19)14-18-21(24)17-11-5-7-13-20(17)25-22(18)15-8-2-1-3-9-15/h1-13H,14H2. The summed E-state index contributed by atoms with van der Waals surface area (Å²) < 4.78 is 7.14. The smallest absolute Gasteiger partial charge is 0.196 e. The fraction of sp³-hybridized carbons (Fsp3) is 0.0455. The quantitative estimate of drug-likeness (QED) is 0.441. The Morgan fingerprint density at radius 2 is 1.48 bits per heavy atom. The van der Waals surface area contributed by atoms with E-state index in [-0.39, 0.29) is 5.43 Å². The second-order valence-electron chi connectivity index (χ2n) is 5.87. The van der Waals surface area contributed by atoms with Gasteiger partial charge in [0.2, 0.25) is 0 Å². The third-order valence-electron chi connectivity index (χ3n) is 4.25. The highest BCUT2D eigenvalue weighted by atomic mass is 79.9. The fourth-order valence-electron chi connectivity index (χ4n) is 3.00. The molecule has 3 heteroatoms. The average Bonchev–Trinajstić information content (AvgIpc) is 2.66. The first-order valence-corrected chi connectivity index (χ1v) is 8.87. The van der Waals surface area contributed by atoms with Gasteiger partial charge in [-0.15, -0.1) is 0 Å². The predicted octanol–water partition coefficient (Wildman–Crippen LogP) is 5.81. The molecule has 0 N–H and O–H groups in total. The van der Waals surface area contributed by atoms with Crippen LogP contribution < -0.4 is 5.43 Å². The summed E-state index contributed by atoms with van der Waals surface area (Å²) >= 11 is 3.58. The van der Waals surface area contributed by atoms with Crippen LogP contribution in [0.5, 0.6) is 0 Å². The van der Waals surface area contributed by atoms with Gasteiger partial charge in [-0.1, -0.05) is 76.6 Å². The van der Waals surface area contributed by atoms with Crippen molar-refractivity contribution in [1.29, 1.82) is 0 Å². The van der Waals surface area contributed by atoms with Gasteiger partial charge >= 0.3 is 0 Å². The topological polar surface area (TPSA) is 30.2 Å². The molecule has 0 amide bonds. The lowest BCUT2D eigenvalue weighted by atomic mass is 9.98. The Hall–Kier alpha value is -2.65. The van der Waals surface area contributed by atoms with Crippen molar-refractivity contribution in [3.8, 4) is 11.3 Å². The molecule has 4 aromatic rings. The second kappa shape index (κ2) is 6.69. The second-order valence-corrected chi connectivity index (χ2v) is 6.72. The molecule has 1 heterocycles. The van der Waals surface area contributed by atoms with Crippen LogP contribution in [-0.2, 0) is 6.42 Å².